The van der Waals surface area contributed by atoms with E-state index in [2.05, 4.69) is 57.5 Å². The third-order valence-corrected chi connectivity index (χ3v) is 5.38. The van der Waals surface area contributed by atoms with E-state index >= 15 is 0 Å². The summed E-state index contributed by atoms with van der Waals surface area (Å²) in [4.78, 5) is 3.44. The Morgan fingerprint density at radius 1 is 0.963 bits per heavy atom. The second-order valence-electron chi connectivity index (χ2n) is 6.52. The summed E-state index contributed by atoms with van der Waals surface area (Å²) in [5.74, 6) is 0.861. The van der Waals surface area contributed by atoms with E-state index in [0.717, 1.165) is 26.7 Å². The number of aromatic nitrogens is 1. The molecule has 1 atom stereocenters. The first-order chi connectivity index (χ1) is 13.2. The van der Waals surface area contributed by atoms with Gasteiger partial charge in [0.05, 0.1) is 0 Å². The fraction of sp³-hybridized carbons (Fsp3) is 0.182. The van der Waals surface area contributed by atoms with Crippen LogP contribution in [0.4, 0.5) is 0 Å². The van der Waals surface area contributed by atoms with Crippen LogP contribution in [0.5, 0.6) is 5.75 Å². The molecule has 0 aliphatic rings. The average Bonchev–Trinajstić information content (AvgIpc) is 3.05. The topological polar surface area (TPSA) is 57.3 Å². The Kier molecular flexibility index (Phi) is 5.49. The average molecular weight is 420 g/mol. The van der Waals surface area contributed by atoms with Crippen molar-refractivity contribution >= 4 is 43.0 Å². The van der Waals surface area contributed by atoms with Crippen LogP contribution < -0.4 is 14.4 Å². The number of fused-ring (bicyclic) bond motifs is 3. The molecule has 4 aromatic rings. The molecule has 1 heterocycles. The minimum atomic E-state index is -0.507. The van der Waals surface area contributed by atoms with Gasteiger partial charge in [0.1, 0.15) is 0 Å². The standard InChI is InChI=1S/C22H21AsN2O2/c23-18-12-17-16-8-4-5-9-19(16)25-20(17)13-22(18)27-11-10-24-14-21(26)15-6-2-1-3-7-15/h1-9,12-13,21,24-26H,10-11,14H2. The van der Waals surface area contributed by atoms with Crippen LogP contribution >= 0.6 is 0 Å². The summed E-state index contributed by atoms with van der Waals surface area (Å²) in [5.41, 5.74) is 3.13. The number of hydrogen-bond donors (Lipinski definition) is 3. The van der Waals surface area contributed by atoms with Gasteiger partial charge in [-0.05, 0) is 0 Å². The molecule has 5 heteroatoms. The zero-order valence-corrected chi connectivity index (χ0v) is 16.7. The normalized spacial score (nSPS) is 12.5. The number of aromatic amines is 1. The molecular formula is C22H21AsN2O2. The second-order valence-corrected chi connectivity index (χ2v) is 7.53. The number of nitrogens with one attached hydrogen (secondary N) is 2. The molecule has 4 rings (SSSR count). The van der Waals surface area contributed by atoms with Gasteiger partial charge in [-0.15, -0.1) is 0 Å². The Balaban J connectivity index is 1.35. The van der Waals surface area contributed by atoms with Crippen molar-refractivity contribution in [2.75, 3.05) is 19.7 Å². The first-order valence-corrected chi connectivity index (χ1v) is 9.96. The summed E-state index contributed by atoms with van der Waals surface area (Å²) >= 11 is 2.59. The monoisotopic (exact) mass is 420 g/mol. The van der Waals surface area contributed by atoms with Crippen LogP contribution in [0.3, 0.4) is 0 Å². The maximum atomic E-state index is 10.2. The van der Waals surface area contributed by atoms with Crippen molar-refractivity contribution < 1.29 is 9.84 Å². The van der Waals surface area contributed by atoms with Crippen molar-refractivity contribution in [2.45, 2.75) is 6.10 Å². The molecule has 0 aliphatic heterocycles. The van der Waals surface area contributed by atoms with Gasteiger partial charge in [-0.1, -0.05) is 0 Å². The fourth-order valence-corrected chi connectivity index (χ4v) is 3.79. The summed E-state index contributed by atoms with van der Waals surface area (Å²) < 4.78 is 7.01. The van der Waals surface area contributed by atoms with Crippen LogP contribution in [-0.4, -0.2) is 46.6 Å². The molecule has 1 unspecified atom stereocenters. The van der Waals surface area contributed by atoms with Gasteiger partial charge in [-0.3, -0.25) is 0 Å². The van der Waals surface area contributed by atoms with Crippen LogP contribution in [0, 0.1) is 0 Å². The molecule has 3 N–H and O–H groups in total. The molecule has 0 spiro atoms. The van der Waals surface area contributed by atoms with Gasteiger partial charge < -0.3 is 0 Å². The molecule has 3 aromatic carbocycles. The van der Waals surface area contributed by atoms with Crippen molar-refractivity contribution in [3.05, 3.63) is 72.3 Å². The summed E-state index contributed by atoms with van der Waals surface area (Å²) in [6, 6.07) is 22.2. The molecule has 0 fully saturated rings. The Bertz CT molecular complexity index is 1050. The third-order valence-electron chi connectivity index (χ3n) is 4.64. The molecule has 27 heavy (non-hydrogen) atoms. The number of benzene rings is 3. The van der Waals surface area contributed by atoms with Gasteiger partial charge >= 0.3 is 167 Å². The first-order valence-electron chi connectivity index (χ1n) is 9.02. The Hall–Kier alpha value is -2.26. The molecule has 0 amide bonds. The van der Waals surface area contributed by atoms with Crippen LogP contribution in [0.25, 0.3) is 21.8 Å². The maximum absolute atomic E-state index is 10.2. The van der Waals surface area contributed by atoms with Crippen LogP contribution in [0.15, 0.2) is 66.7 Å². The summed E-state index contributed by atoms with van der Waals surface area (Å²) in [6.07, 6.45) is -0.507. The number of rotatable bonds is 7. The van der Waals surface area contributed by atoms with E-state index in [0.29, 0.717) is 19.7 Å². The van der Waals surface area contributed by atoms with E-state index in [-0.39, 0.29) is 0 Å². The van der Waals surface area contributed by atoms with E-state index < -0.39 is 6.10 Å². The van der Waals surface area contributed by atoms with Crippen LogP contribution in [0.2, 0.25) is 0 Å². The second kappa shape index (κ2) is 8.18. The first kappa shape index (κ1) is 18.1. The fourth-order valence-electron chi connectivity index (χ4n) is 3.25. The van der Waals surface area contributed by atoms with Crippen molar-refractivity contribution in [1.29, 1.82) is 0 Å². The number of hydrogen-bond acceptors (Lipinski definition) is 3. The quantitative estimate of drug-likeness (QED) is 0.318. The number of para-hydroxylation sites is 1. The molecule has 0 saturated carbocycles. The molecule has 0 aliphatic carbocycles. The van der Waals surface area contributed by atoms with Crippen LogP contribution in [0.1, 0.15) is 11.7 Å². The zero-order chi connectivity index (χ0) is 18.6. The summed E-state index contributed by atoms with van der Waals surface area (Å²) in [7, 11) is 0. The Morgan fingerprint density at radius 2 is 1.74 bits per heavy atom. The zero-order valence-electron chi connectivity index (χ0n) is 14.9. The summed E-state index contributed by atoms with van der Waals surface area (Å²) in [5, 5.41) is 15.8. The van der Waals surface area contributed by atoms with Gasteiger partial charge in [0.25, 0.3) is 0 Å². The number of aliphatic hydroxyl groups excluding tert-OH is 1. The number of aliphatic hydroxyl groups is 1. The van der Waals surface area contributed by atoms with Crippen molar-refractivity contribution in [3.63, 3.8) is 0 Å². The molecule has 4 nitrogen and oxygen atoms in total. The predicted molar refractivity (Wildman–Crippen MR) is 111 cm³/mol. The van der Waals surface area contributed by atoms with Crippen molar-refractivity contribution in [2.24, 2.45) is 0 Å². The van der Waals surface area contributed by atoms with Gasteiger partial charge in [0.2, 0.25) is 0 Å². The molecule has 1 aromatic heterocycles. The molecule has 0 saturated heterocycles. The van der Waals surface area contributed by atoms with Gasteiger partial charge in [-0.25, -0.2) is 0 Å². The Morgan fingerprint density at radius 3 is 2.59 bits per heavy atom. The van der Waals surface area contributed by atoms with Gasteiger partial charge in [-0.2, -0.15) is 0 Å². The van der Waals surface area contributed by atoms with E-state index in [1.807, 2.05) is 36.4 Å². The number of H-pyrrole nitrogens is 1. The van der Waals surface area contributed by atoms with E-state index in [9.17, 15) is 5.11 Å². The van der Waals surface area contributed by atoms with E-state index in [1.54, 1.807) is 0 Å². The van der Waals surface area contributed by atoms with Crippen molar-refractivity contribution in [3.8, 4) is 5.75 Å². The molecule has 2 radical (unpaired) electrons. The summed E-state index contributed by atoms with van der Waals surface area (Å²) in [6.45, 7) is 1.71. The molecule has 0 bridgehead atoms. The van der Waals surface area contributed by atoms with Gasteiger partial charge in [0.15, 0.2) is 0 Å². The van der Waals surface area contributed by atoms with Gasteiger partial charge in [0, 0.05) is 0 Å². The third kappa shape index (κ3) is 4.03. The SMILES string of the molecule is OC(CNCCOc1cc2[nH]c3ccccc3c2cc1[As])c1ccccc1. The van der Waals surface area contributed by atoms with Crippen LogP contribution in [-0.2, 0) is 0 Å². The Labute approximate surface area is 167 Å². The van der Waals surface area contributed by atoms with E-state index in [4.69, 9.17) is 4.74 Å². The minimum absolute atomic E-state index is 0.503. The molecule has 136 valence electrons. The predicted octanol–water partition coefficient (Wildman–Crippen LogP) is 2.82. The van der Waals surface area contributed by atoms with Crippen molar-refractivity contribution in [1.82, 2.24) is 10.3 Å². The van der Waals surface area contributed by atoms with E-state index in [1.165, 1.54) is 10.8 Å². The number of ether oxygens (including phenoxy) is 1. The molecular weight excluding hydrogens is 399 g/mol.